The number of amides is 4. The third kappa shape index (κ3) is 19.0. The summed E-state index contributed by atoms with van der Waals surface area (Å²) in [5.41, 5.74) is -2.11. The number of halogens is 4. The number of benzene rings is 4. The van der Waals surface area contributed by atoms with Gasteiger partial charge in [-0.1, -0.05) is 88.5 Å². The van der Waals surface area contributed by atoms with Crippen molar-refractivity contribution in [2.24, 2.45) is 10.8 Å². The molecule has 3 aliphatic heterocycles. The summed E-state index contributed by atoms with van der Waals surface area (Å²) in [7, 11) is -11.1. The van der Waals surface area contributed by atoms with Crippen LogP contribution in [0.3, 0.4) is 0 Å². The number of aliphatic carboxylic acids is 1. The molecule has 8 rings (SSSR count). The van der Waals surface area contributed by atoms with E-state index in [0.717, 1.165) is 66.5 Å². The monoisotopic (exact) mass is 1340 g/mol. The van der Waals surface area contributed by atoms with Crippen LogP contribution in [0, 0.1) is 10.8 Å². The van der Waals surface area contributed by atoms with Gasteiger partial charge in [-0.3, -0.25) is 29.0 Å². The number of sulfone groups is 1. The molecule has 19 nitrogen and oxygen atoms in total. The summed E-state index contributed by atoms with van der Waals surface area (Å²) >= 11 is 7.60. The lowest BCUT2D eigenvalue weighted by atomic mass is 9.73. The predicted molar refractivity (Wildman–Crippen MR) is 346 cm³/mol. The molecule has 0 saturated carbocycles. The second-order valence-corrected chi connectivity index (χ2v) is 31.0. The molecule has 0 radical (unpaired) electrons. The fourth-order valence-corrected chi connectivity index (χ4v) is 15.3. The number of nitrogens with one attached hydrogen (secondary N) is 3. The summed E-state index contributed by atoms with van der Waals surface area (Å²) in [6, 6.07) is 23.0. The van der Waals surface area contributed by atoms with Crippen molar-refractivity contribution >= 4 is 89.8 Å². The molecule has 0 bridgehead atoms. The molecule has 4 amide bonds. The Balaban J connectivity index is 0.840. The van der Waals surface area contributed by atoms with Gasteiger partial charge in [0.05, 0.1) is 16.7 Å². The molecule has 0 aromatic heterocycles. The number of carboxylic acids is 1. The highest BCUT2D eigenvalue weighted by Crippen LogP contribution is 2.43. The van der Waals surface area contributed by atoms with Gasteiger partial charge in [0.2, 0.25) is 17.7 Å². The molecule has 4 aromatic carbocycles. The maximum absolute atomic E-state index is 14.5. The van der Waals surface area contributed by atoms with E-state index in [1.54, 1.807) is 37.8 Å². The number of alkyl halides is 3. The minimum atomic E-state index is -6.17. The molecule has 4 aliphatic rings. The van der Waals surface area contributed by atoms with Crippen molar-refractivity contribution in [3.8, 4) is 0 Å². The van der Waals surface area contributed by atoms with E-state index in [2.05, 4.69) is 51.3 Å². The lowest BCUT2D eigenvalue weighted by Gasteiger charge is -2.39. The van der Waals surface area contributed by atoms with Gasteiger partial charge < -0.3 is 35.5 Å². The van der Waals surface area contributed by atoms with Crippen LogP contribution in [-0.4, -0.2) is 184 Å². The zero-order chi connectivity index (χ0) is 66.1. The van der Waals surface area contributed by atoms with E-state index < -0.39 is 94.2 Å². The maximum atomic E-state index is 14.5. The van der Waals surface area contributed by atoms with Crippen LogP contribution in [0.15, 0.2) is 117 Å². The summed E-state index contributed by atoms with van der Waals surface area (Å²) in [4.78, 5) is 73.4. The number of anilines is 2. The number of rotatable bonds is 25. The van der Waals surface area contributed by atoms with Gasteiger partial charge in [0.25, 0.3) is 25.8 Å². The summed E-state index contributed by atoms with van der Waals surface area (Å²) in [5.74, 6) is -3.09. The molecular weight excluding hydrogens is 1260 g/mol. The van der Waals surface area contributed by atoms with Crippen LogP contribution in [0.4, 0.5) is 24.5 Å². The van der Waals surface area contributed by atoms with Crippen molar-refractivity contribution in [3.05, 3.63) is 119 Å². The molecule has 4 aromatic rings. The zero-order valence-electron chi connectivity index (χ0n) is 52.1. The van der Waals surface area contributed by atoms with Gasteiger partial charge in [0.15, 0.2) is 0 Å². The third-order valence-electron chi connectivity index (χ3n) is 17.4. The molecule has 3 fully saturated rings. The van der Waals surface area contributed by atoms with Crippen LogP contribution < -0.4 is 20.3 Å². The Morgan fingerprint density at radius 1 is 0.802 bits per heavy atom. The second-order valence-electron chi connectivity index (χ2n) is 25.9. The van der Waals surface area contributed by atoms with Crippen molar-refractivity contribution in [2.45, 2.75) is 143 Å². The quantitative estimate of drug-likeness (QED) is 0.0307. The Labute approximate surface area is 541 Å². The number of likely N-dealkylation sites (tertiary alicyclic amines) is 1. The van der Waals surface area contributed by atoms with Gasteiger partial charge in [-0.05, 0) is 127 Å². The van der Waals surface area contributed by atoms with Crippen LogP contribution in [0.25, 0.3) is 5.57 Å². The molecule has 5 N–H and O–H groups in total. The van der Waals surface area contributed by atoms with Gasteiger partial charge >= 0.3 is 11.5 Å². The highest BCUT2D eigenvalue weighted by molar-refractivity contribution is 7.99. The number of aliphatic hydroxyl groups is 1. The average Bonchev–Trinajstić information content (AvgIpc) is 1.53. The van der Waals surface area contributed by atoms with Crippen LogP contribution in [-0.2, 0) is 39.0 Å². The first kappa shape index (κ1) is 70.6. The molecule has 3 heterocycles. The summed E-state index contributed by atoms with van der Waals surface area (Å²) in [6.07, 6.45) is 4.09. The molecule has 0 unspecified atom stereocenters. The maximum Gasteiger partial charge on any atom is 0.501 e. The number of hydrogen-bond acceptors (Lipinski definition) is 15. The Morgan fingerprint density at radius 2 is 1.45 bits per heavy atom. The molecule has 496 valence electrons. The van der Waals surface area contributed by atoms with Crippen molar-refractivity contribution in [2.75, 3.05) is 88.0 Å². The Hall–Kier alpha value is -6.22. The number of carbonyl (C=O) groups is 5. The van der Waals surface area contributed by atoms with Crippen molar-refractivity contribution in [1.82, 2.24) is 29.6 Å². The topological polar surface area (TPSA) is 246 Å². The molecule has 1 aliphatic carbocycles. The van der Waals surface area contributed by atoms with Gasteiger partial charge in [-0.2, -0.15) is 13.2 Å². The minimum Gasteiger partial charge on any atom is -0.480 e. The van der Waals surface area contributed by atoms with Gasteiger partial charge in [0.1, 0.15) is 17.0 Å². The number of piperazine rings is 2. The largest absolute Gasteiger partial charge is 0.501 e. The van der Waals surface area contributed by atoms with E-state index in [0.29, 0.717) is 82.6 Å². The van der Waals surface area contributed by atoms with Crippen LogP contribution in [0.1, 0.15) is 115 Å². The fraction of sp³-hybridized carbons (Fsp3) is 0.523. The smallest absolute Gasteiger partial charge is 0.480 e. The predicted octanol–water partition coefficient (Wildman–Crippen LogP) is 9.17. The van der Waals surface area contributed by atoms with Crippen molar-refractivity contribution in [1.29, 1.82) is 0 Å². The van der Waals surface area contributed by atoms with Crippen LogP contribution in [0.2, 0.25) is 5.02 Å². The number of allylic oxidation sites excluding steroid dienone is 1. The Bertz CT molecular complexity index is 3490. The van der Waals surface area contributed by atoms with E-state index in [1.165, 1.54) is 40.6 Å². The van der Waals surface area contributed by atoms with Crippen molar-refractivity contribution < 1.29 is 64.2 Å². The average molecular weight is 1340 g/mol. The summed E-state index contributed by atoms with van der Waals surface area (Å²) in [6.45, 7) is 15.7. The summed E-state index contributed by atoms with van der Waals surface area (Å²) < 4.78 is 99.8. The summed E-state index contributed by atoms with van der Waals surface area (Å²) in [5, 5.41) is 26.2. The van der Waals surface area contributed by atoms with Gasteiger partial charge in [0, 0.05) is 124 Å². The minimum absolute atomic E-state index is 0.0434. The number of β-amino-alcohol motifs (C(OH)–C–C–N with tert-alkyl or cyclic N) is 1. The van der Waals surface area contributed by atoms with Crippen molar-refractivity contribution in [3.63, 3.8) is 0 Å². The third-order valence-corrected chi connectivity index (χ3v) is 21.6. The highest BCUT2D eigenvalue weighted by atomic mass is 35.5. The van der Waals surface area contributed by atoms with E-state index in [-0.39, 0.29) is 48.4 Å². The lowest BCUT2D eigenvalue weighted by molar-refractivity contribution is -0.150. The molecule has 0 spiro atoms. The van der Waals surface area contributed by atoms with Gasteiger partial charge in [-0.15, -0.1) is 11.8 Å². The number of unbranched alkanes of at least 4 members (excludes halogenated alkanes) is 2. The fourth-order valence-electron chi connectivity index (χ4n) is 12.1. The molecule has 26 heteroatoms. The Morgan fingerprint density at radius 3 is 2.09 bits per heavy atom. The number of nitrogens with zero attached hydrogens (tertiary/aromatic N) is 5. The molecule has 3 saturated heterocycles. The number of aliphatic hydroxyl groups excluding tert-OH is 1. The standard InChI is InChI=1S/C65H84ClF3N8O11S3/c1-63(2,3)59(61(82)77-42-50(78)38-55(77)62(83)84)71-57(79)14-10-7-11-15-58(80)76-36-30-73(31-37-76)29-27-48(43-89-51-12-8-6-9-13-51)70-54-25-24-52(39-56(54)90(85,86)65(67,68)69)91(87,88)72-60(81)45-18-22-49(23-19-45)75-34-32-74(33-35-75)41-46-40-64(4,5)28-26-53(46)44-16-20-47(66)21-17-44/h6,8-9,12-13,16-25,39,48,50,55,59,70,78H,7,10-11,14-15,26-38,40-43H2,1-5H3,(H,71,79)(H,72,81)(H,83,84)/t48-,50-,55+,59-/m1/s1. The number of thioether (sulfide) groups is 1. The number of carbonyl (C=O) groups excluding carboxylic acids is 4. The second kappa shape index (κ2) is 30.2. The van der Waals surface area contributed by atoms with Crippen LogP contribution >= 0.6 is 23.4 Å². The molecular formula is C65H84ClF3N8O11S3. The molecule has 4 atom stereocenters. The molecule has 91 heavy (non-hydrogen) atoms. The highest BCUT2D eigenvalue weighted by Gasteiger charge is 2.49. The van der Waals surface area contributed by atoms with Crippen LogP contribution in [0.5, 0.6) is 0 Å². The first-order valence-electron chi connectivity index (χ1n) is 30.9. The number of hydrogen-bond donors (Lipinski definition) is 5. The van der Waals surface area contributed by atoms with E-state index >= 15 is 0 Å². The lowest BCUT2D eigenvalue weighted by Crippen LogP contribution is -2.56. The number of carboxylic acid groups (broad SMARTS) is 1. The SMILES string of the molecule is CC1(C)CCC(c2ccc(Cl)cc2)=C(CN2CCN(c3ccc(C(=O)NS(=O)(=O)c4ccc(N[C@H](CCN5CCN(C(=O)CCCCCC(=O)N[C@H](C(=O)N6C[C@H](O)C[C@H]6C(=O)O)C(C)(C)C)CC5)CSc5ccccc5)c(S(=O)(=O)C(F)(F)F)c4)cc3)CC2)C1. The van der Waals surface area contributed by atoms with E-state index in [1.807, 2.05) is 47.2 Å². The first-order chi connectivity index (χ1) is 42.9. The Kier molecular flexibility index (Phi) is 23.5. The van der Waals surface area contributed by atoms with E-state index in [4.69, 9.17) is 11.6 Å². The number of sulfonamides is 1. The normalized spacial score (nSPS) is 19.4. The van der Waals surface area contributed by atoms with Gasteiger partial charge in [-0.25, -0.2) is 26.4 Å². The first-order valence-corrected chi connectivity index (χ1v) is 35.2. The van der Waals surface area contributed by atoms with E-state index in [9.17, 15) is 64.2 Å². The zero-order valence-corrected chi connectivity index (χ0v) is 55.4.